The normalized spacial score (nSPS) is 14.2. The van der Waals surface area contributed by atoms with Gasteiger partial charge in [-0.15, -0.1) is 0 Å². The predicted octanol–water partition coefficient (Wildman–Crippen LogP) is 1.38. The minimum absolute atomic E-state index is 0.189. The van der Waals surface area contributed by atoms with Gasteiger partial charge in [-0.05, 0) is 18.6 Å². The van der Waals surface area contributed by atoms with E-state index >= 15 is 0 Å². The van der Waals surface area contributed by atoms with Crippen molar-refractivity contribution < 1.29 is 15.0 Å². The maximum atomic E-state index is 10.4. The lowest BCUT2D eigenvalue weighted by molar-refractivity contribution is -0.132. The predicted molar refractivity (Wildman–Crippen MR) is 55.0 cm³/mol. The highest BCUT2D eigenvalue weighted by atomic mass is 32.2. The third-order valence-electron chi connectivity index (χ3n) is 1.56. The number of thioether (sulfide) groups is 1. The van der Waals surface area contributed by atoms with Gasteiger partial charge in [-0.3, -0.25) is 0 Å². The first kappa shape index (κ1) is 12.5. The topological polar surface area (TPSA) is 57.5 Å². The average Bonchev–Trinajstić information content (AvgIpc) is 2.11. The van der Waals surface area contributed by atoms with Gasteiger partial charge in [0.1, 0.15) is 0 Å². The Bertz CT molecular complexity index is 189. The second-order valence-electron chi connectivity index (χ2n) is 3.02. The quantitative estimate of drug-likeness (QED) is 0.507. The van der Waals surface area contributed by atoms with Crippen LogP contribution in [0.5, 0.6) is 0 Å². The molecule has 0 spiro atoms. The van der Waals surface area contributed by atoms with Gasteiger partial charge >= 0.3 is 5.97 Å². The molecule has 0 aromatic heterocycles. The second-order valence-corrected chi connectivity index (χ2v) is 4.09. The smallest absolute Gasteiger partial charge is 0.330 e. The maximum Gasteiger partial charge on any atom is 0.330 e. The SMILES string of the molecule is CC(=CCSCC(C)CO)C(=O)O. The highest BCUT2D eigenvalue weighted by Crippen LogP contribution is 2.08. The molecule has 1 unspecified atom stereocenters. The number of hydrogen-bond donors (Lipinski definition) is 2. The monoisotopic (exact) mass is 204 g/mol. The highest BCUT2D eigenvalue weighted by molar-refractivity contribution is 7.99. The molecule has 0 aliphatic heterocycles. The van der Waals surface area contributed by atoms with Crippen molar-refractivity contribution in [3.05, 3.63) is 11.6 Å². The molecule has 0 amide bonds. The van der Waals surface area contributed by atoms with E-state index in [0.29, 0.717) is 11.3 Å². The standard InChI is InChI=1S/C9H16O3S/c1-7(5-10)6-13-4-3-8(2)9(11)12/h3,7,10H,4-6H2,1-2H3,(H,11,12). The van der Waals surface area contributed by atoms with Crippen molar-refractivity contribution in [2.45, 2.75) is 13.8 Å². The van der Waals surface area contributed by atoms with E-state index in [2.05, 4.69) is 0 Å². The van der Waals surface area contributed by atoms with Gasteiger partial charge in [0.15, 0.2) is 0 Å². The Labute approximate surface area is 82.8 Å². The van der Waals surface area contributed by atoms with Crippen LogP contribution in [0.1, 0.15) is 13.8 Å². The number of carboxylic acid groups (broad SMARTS) is 1. The van der Waals surface area contributed by atoms with Crippen LogP contribution in [-0.2, 0) is 4.79 Å². The van der Waals surface area contributed by atoms with Crippen molar-refractivity contribution in [1.29, 1.82) is 0 Å². The molecule has 0 aromatic rings. The molecule has 0 bridgehead atoms. The van der Waals surface area contributed by atoms with E-state index in [9.17, 15) is 4.79 Å². The number of aliphatic hydroxyl groups is 1. The number of rotatable bonds is 6. The molecule has 0 heterocycles. The van der Waals surface area contributed by atoms with E-state index in [1.54, 1.807) is 24.8 Å². The fraction of sp³-hybridized carbons (Fsp3) is 0.667. The molecule has 76 valence electrons. The number of aliphatic hydroxyl groups excluding tert-OH is 1. The van der Waals surface area contributed by atoms with Crippen LogP contribution in [0.25, 0.3) is 0 Å². The van der Waals surface area contributed by atoms with Crippen molar-refractivity contribution in [3.63, 3.8) is 0 Å². The van der Waals surface area contributed by atoms with Gasteiger partial charge in [0.25, 0.3) is 0 Å². The Hall–Kier alpha value is -0.480. The van der Waals surface area contributed by atoms with Gasteiger partial charge < -0.3 is 10.2 Å². The molecule has 0 aliphatic carbocycles. The van der Waals surface area contributed by atoms with Gasteiger partial charge in [-0.25, -0.2) is 4.79 Å². The zero-order valence-corrected chi connectivity index (χ0v) is 8.80. The lowest BCUT2D eigenvalue weighted by Crippen LogP contribution is -2.04. The zero-order valence-electron chi connectivity index (χ0n) is 7.99. The van der Waals surface area contributed by atoms with E-state index in [1.807, 2.05) is 6.92 Å². The average molecular weight is 204 g/mol. The summed E-state index contributed by atoms with van der Waals surface area (Å²) in [6.07, 6.45) is 1.69. The number of carbonyl (C=O) groups is 1. The first-order chi connectivity index (χ1) is 6.07. The summed E-state index contributed by atoms with van der Waals surface area (Å²) in [7, 11) is 0. The van der Waals surface area contributed by atoms with Crippen LogP contribution in [0.2, 0.25) is 0 Å². The van der Waals surface area contributed by atoms with Gasteiger partial charge in [0.05, 0.1) is 0 Å². The van der Waals surface area contributed by atoms with Gasteiger partial charge in [-0.2, -0.15) is 11.8 Å². The summed E-state index contributed by atoms with van der Waals surface area (Å²) in [5.74, 6) is 0.974. The van der Waals surface area contributed by atoms with E-state index in [1.165, 1.54) is 0 Å². The summed E-state index contributed by atoms with van der Waals surface area (Å²) in [6, 6.07) is 0. The first-order valence-corrected chi connectivity index (χ1v) is 5.32. The summed E-state index contributed by atoms with van der Waals surface area (Å²) in [6.45, 7) is 3.73. The Kier molecular flexibility index (Phi) is 6.72. The van der Waals surface area contributed by atoms with Crippen molar-refractivity contribution in [1.82, 2.24) is 0 Å². The van der Waals surface area contributed by atoms with Crippen molar-refractivity contribution >= 4 is 17.7 Å². The van der Waals surface area contributed by atoms with Crippen LogP contribution in [0, 0.1) is 5.92 Å². The minimum Gasteiger partial charge on any atom is -0.478 e. The minimum atomic E-state index is -0.865. The summed E-state index contributed by atoms with van der Waals surface area (Å²) < 4.78 is 0. The maximum absolute atomic E-state index is 10.4. The Morgan fingerprint density at radius 1 is 1.62 bits per heavy atom. The third kappa shape index (κ3) is 6.66. The van der Waals surface area contributed by atoms with E-state index in [-0.39, 0.29) is 12.5 Å². The first-order valence-electron chi connectivity index (χ1n) is 4.16. The molecule has 4 heteroatoms. The molecule has 0 saturated heterocycles. The molecule has 0 radical (unpaired) electrons. The van der Waals surface area contributed by atoms with Gasteiger partial charge in [-0.1, -0.05) is 13.0 Å². The fourth-order valence-corrected chi connectivity index (χ4v) is 1.60. The number of carboxylic acids is 1. The van der Waals surface area contributed by atoms with Gasteiger partial charge in [0.2, 0.25) is 0 Å². The summed E-state index contributed by atoms with van der Waals surface area (Å²) in [5.41, 5.74) is 0.379. The van der Waals surface area contributed by atoms with Crippen LogP contribution in [-0.4, -0.2) is 34.3 Å². The molecule has 0 fully saturated rings. The van der Waals surface area contributed by atoms with Crippen molar-refractivity contribution in [2.24, 2.45) is 5.92 Å². The van der Waals surface area contributed by atoms with Crippen molar-refractivity contribution in [2.75, 3.05) is 18.1 Å². The van der Waals surface area contributed by atoms with Crippen LogP contribution in [0.4, 0.5) is 0 Å². The van der Waals surface area contributed by atoms with E-state index in [4.69, 9.17) is 10.2 Å². The summed E-state index contributed by atoms with van der Waals surface area (Å²) >= 11 is 1.63. The van der Waals surface area contributed by atoms with E-state index < -0.39 is 5.97 Å². The molecule has 0 saturated carbocycles. The number of hydrogen-bond acceptors (Lipinski definition) is 3. The molecular weight excluding hydrogens is 188 g/mol. The number of aliphatic carboxylic acids is 1. The Morgan fingerprint density at radius 2 is 2.23 bits per heavy atom. The van der Waals surface area contributed by atoms with Crippen LogP contribution in [0.3, 0.4) is 0 Å². The molecule has 0 aliphatic rings. The highest BCUT2D eigenvalue weighted by Gasteiger charge is 2.00. The van der Waals surface area contributed by atoms with Crippen LogP contribution >= 0.6 is 11.8 Å². The van der Waals surface area contributed by atoms with Crippen LogP contribution < -0.4 is 0 Å². The summed E-state index contributed by atoms with van der Waals surface area (Å²) in [5, 5.41) is 17.2. The lowest BCUT2D eigenvalue weighted by atomic mass is 10.2. The molecule has 2 N–H and O–H groups in total. The third-order valence-corrected chi connectivity index (χ3v) is 2.77. The second kappa shape index (κ2) is 6.97. The van der Waals surface area contributed by atoms with Crippen molar-refractivity contribution in [3.8, 4) is 0 Å². The van der Waals surface area contributed by atoms with Gasteiger partial charge in [0, 0.05) is 17.9 Å². The molecule has 3 nitrogen and oxygen atoms in total. The Balaban J connectivity index is 3.55. The molecule has 1 atom stereocenters. The summed E-state index contributed by atoms with van der Waals surface area (Å²) in [4.78, 5) is 10.4. The van der Waals surface area contributed by atoms with E-state index in [0.717, 1.165) is 5.75 Å². The zero-order chi connectivity index (χ0) is 10.3. The molecular formula is C9H16O3S. The largest absolute Gasteiger partial charge is 0.478 e. The molecule has 0 aromatic carbocycles. The van der Waals surface area contributed by atoms with Crippen LogP contribution in [0.15, 0.2) is 11.6 Å². The Morgan fingerprint density at radius 3 is 2.69 bits per heavy atom. The molecule has 13 heavy (non-hydrogen) atoms. The lowest BCUT2D eigenvalue weighted by Gasteiger charge is -2.04. The fourth-order valence-electron chi connectivity index (χ4n) is 0.593. The molecule has 0 rings (SSSR count).